The first-order valence-electron chi connectivity index (χ1n) is 13.1. The molecule has 0 bridgehead atoms. The molecule has 2 aromatic carbocycles. The Morgan fingerprint density at radius 3 is 2.13 bits per heavy atom. The van der Waals surface area contributed by atoms with Crippen LogP contribution in [0.25, 0.3) is 0 Å². The number of para-hydroxylation sites is 1. The van der Waals surface area contributed by atoms with Gasteiger partial charge < -0.3 is 5.73 Å². The second kappa shape index (κ2) is 14.8. The van der Waals surface area contributed by atoms with E-state index in [1.165, 1.54) is 0 Å². The summed E-state index contributed by atoms with van der Waals surface area (Å²) in [5.41, 5.74) is 12.2. The number of benzene rings is 2. The van der Waals surface area contributed by atoms with E-state index in [2.05, 4.69) is 5.43 Å². The first kappa shape index (κ1) is 31.3. The minimum atomic E-state index is -3.98. The highest BCUT2D eigenvalue weighted by molar-refractivity contribution is 7.88. The second-order valence-corrected chi connectivity index (χ2v) is 12.4. The van der Waals surface area contributed by atoms with Crippen molar-refractivity contribution in [3.05, 3.63) is 65.7 Å². The number of sulfonamides is 1. The zero-order chi connectivity index (χ0) is 28.3. The lowest BCUT2D eigenvalue weighted by molar-refractivity contribution is -0.142. The molecule has 0 unspecified atom stereocenters. The molecule has 0 aromatic heterocycles. The highest BCUT2D eigenvalue weighted by atomic mass is 32.2. The molecule has 0 aliphatic rings. The van der Waals surface area contributed by atoms with Crippen molar-refractivity contribution < 1.29 is 23.2 Å². The number of nitrogens with zero attached hydrogens (tertiary/aromatic N) is 1. The van der Waals surface area contributed by atoms with Crippen molar-refractivity contribution in [1.82, 2.24) is 15.3 Å². The molecule has 0 saturated heterocycles. The Hall–Kier alpha value is -2.95. The molecule has 2 rings (SSSR count). The van der Waals surface area contributed by atoms with Crippen LogP contribution in [0.2, 0.25) is 0 Å². The largest absolute Gasteiger partial charge is 0.398 e. The standard InChI is InChI=1S/C28H42N4O5S/c1-20(2)17-25(24(28(34)31-35)15-10-13-22-11-6-5-7-12-22)27(33)30-32(18-21(3)4)38(36,37)19-23-14-8-9-16-26(23)29/h5-9,11-12,14,16,20-21,24-25,35H,10,13,15,17-19,29H2,1-4H3,(H,30,33)(H,31,34)/t24-,25+/m0/s1. The average Bonchev–Trinajstić information content (AvgIpc) is 2.86. The Morgan fingerprint density at radius 1 is 0.921 bits per heavy atom. The summed E-state index contributed by atoms with van der Waals surface area (Å²) in [6.07, 6.45) is 2.02. The third kappa shape index (κ3) is 9.74. The first-order chi connectivity index (χ1) is 17.9. The summed E-state index contributed by atoms with van der Waals surface area (Å²) in [5, 5.41) is 9.46. The predicted octanol–water partition coefficient (Wildman–Crippen LogP) is 3.89. The van der Waals surface area contributed by atoms with E-state index >= 15 is 0 Å². The summed E-state index contributed by atoms with van der Waals surface area (Å²) in [7, 11) is -3.98. The van der Waals surface area contributed by atoms with E-state index in [1.54, 1.807) is 29.7 Å². The number of aryl methyl sites for hydroxylation is 1. The molecule has 0 aliphatic heterocycles. The number of hydrogen-bond donors (Lipinski definition) is 4. The maximum absolute atomic E-state index is 13.6. The summed E-state index contributed by atoms with van der Waals surface area (Å²) < 4.78 is 27.8. The van der Waals surface area contributed by atoms with Crippen molar-refractivity contribution in [3.8, 4) is 0 Å². The highest BCUT2D eigenvalue weighted by Gasteiger charge is 2.36. The summed E-state index contributed by atoms with van der Waals surface area (Å²) in [5.74, 6) is -3.31. The number of anilines is 1. The zero-order valence-electron chi connectivity index (χ0n) is 22.8. The van der Waals surface area contributed by atoms with Crippen LogP contribution in [0.5, 0.6) is 0 Å². The van der Waals surface area contributed by atoms with Gasteiger partial charge in [-0.05, 0) is 54.7 Å². The number of rotatable bonds is 15. The van der Waals surface area contributed by atoms with Gasteiger partial charge in [-0.15, -0.1) is 4.41 Å². The van der Waals surface area contributed by atoms with Crippen molar-refractivity contribution in [2.24, 2.45) is 23.7 Å². The fraction of sp³-hybridized carbons (Fsp3) is 0.500. The van der Waals surface area contributed by atoms with Crippen molar-refractivity contribution in [2.45, 2.75) is 59.1 Å². The van der Waals surface area contributed by atoms with Crippen molar-refractivity contribution in [1.29, 1.82) is 0 Å². The normalized spacial score (nSPS) is 13.5. The van der Waals surface area contributed by atoms with Gasteiger partial charge in [0.1, 0.15) is 0 Å². The van der Waals surface area contributed by atoms with E-state index in [4.69, 9.17) is 5.73 Å². The zero-order valence-corrected chi connectivity index (χ0v) is 23.6. The Bertz CT molecular complexity index is 1140. The molecule has 10 heteroatoms. The molecule has 0 spiro atoms. The van der Waals surface area contributed by atoms with Crippen LogP contribution in [-0.4, -0.2) is 36.4 Å². The molecular weight excluding hydrogens is 504 g/mol. The van der Waals surface area contributed by atoms with Gasteiger partial charge in [0.2, 0.25) is 21.8 Å². The number of amides is 2. The Morgan fingerprint density at radius 2 is 1.55 bits per heavy atom. The Balaban J connectivity index is 2.28. The molecule has 0 aliphatic carbocycles. The minimum absolute atomic E-state index is 0.0492. The van der Waals surface area contributed by atoms with E-state index in [1.807, 2.05) is 58.0 Å². The van der Waals surface area contributed by atoms with Crippen LogP contribution >= 0.6 is 0 Å². The first-order valence-corrected chi connectivity index (χ1v) is 14.7. The van der Waals surface area contributed by atoms with Gasteiger partial charge in [-0.2, -0.15) is 0 Å². The van der Waals surface area contributed by atoms with Crippen molar-refractivity contribution in [2.75, 3.05) is 12.3 Å². The Kier molecular flexibility index (Phi) is 12.2. The van der Waals surface area contributed by atoms with Crippen molar-refractivity contribution in [3.63, 3.8) is 0 Å². The van der Waals surface area contributed by atoms with Crippen LogP contribution in [0, 0.1) is 23.7 Å². The number of nitrogen functional groups attached to an aromatic ring is 1. The number of carbonyl (C=O) groups is 2. The molecular formula is C28H42N4O5S. The number of hydrazine groups is 1. The van der Waals surface area contributed by atoms with Gasteiger partial charge in [-0.1, -0.05) is 76.2 Å². The van der Waals surface area contributed by atoms with Gasteiger partial charge in [0.25, 0.3) is 0 Å². The van der Waals surface area contributed by atoms with E-state index in [0.717, 1.165) is 9.98 Å². The Labute approximate surface area is 226 Å². The van der Waals surface area contributed by atoms with E-state index < -0.39 is 33.7 Å². The van der Waals surface area contributed by atoms with Gasteiger partial charge in [-0.3, -0.25) is 20.2 Å². The van der Waals surface area contributed by atoms with Crippen LogP contribution in [0.3, 0.4) is 0 Å². The SMILES string of the molecule is CC(C)C[C@@H](C(=O)NN(CC(C)C)S(=O)(=O)Cc1ccccc1N)[C@H](CCCc1ccccc1)C(=O)NO. The highest BCUT2D eigenvalue weighted by Crippen LogP contribution is 2.27. The van der Waals surface area contributed by atoms with E-state index in [-0.39, 0.29) is 24.1 Å². The molecule has 2 atom stereocenters. The molecule has 0 saturated carbocycles. The van der Waals surface area contributed by atoms with Crippen LogP contribution < -0.4 is 16.6 Å². The number of carbonyl (C=O) groups excluding carboxylic acids is 2. The van der Waals surface area contributed by atoms with Crippen LogP contribution in [0.15, 0.2) is 54.6 Å². The number of hydroxylamine groups is 1. The second-order valence-electron chi connectivity index (χ2n) is 10.6. The molecule has 0 heterocycles. The third-order valence-electron chi connectivity index (χ3n) is 6.31. The summed E-state index contributed by atoms with van der Waals surface area (Å²) in [4.78, 5) is 26.4. The van der Waals surface area contributed by atoms with Crippen LogP contribution in [-0.2, 0) is 31.8 Å². The van der Waals surface area contributed by atoms with Gasteiger partial charge in [-0.25, -0.2) is 13.9 Å². The lowest BCUT2D eigenvalue weighted by Crippen LogP contribution is -2.52. The molecule has 2 aromatic rings. The number of nitrogens with one attached hydrogen (secondary N) is 2. The summed E-state index contributed by atoms with van der Waals surface area (Å²) in [6.45, 7) is 7.61. The fourth-order valence-electron chi connectivity index (χ4n) is 4.44. The molecule has 5 N–H and O–H groups in total. The molecule has 0 fully saturated rings. The van der Waals surface area contributed by atoms with Crippen LogP contribution in [0.4, 0.5) is 5.69 Å². The van der Waals surface area contributed by atoms with Gasteiger partial charge in [0.05, 0.1) is 17.6 Å². The van der Waals surface area contributed by atoms with Crippen LogP contribution in [0.1, 0.15) is 58.1 Å². The monoisotopic (exact) mass is 546 g/mol. The summed E-state index contributed by atoms with van der Waals surface area (Å²) in [6, 6.07) is 16.5. The van der Waals surface area contributed by atoms with E-state index in [9.17, 15) is 23.2 Å². The molecule has 210 valence electrons. The van der Waals surface area contributed by atoms with Gasteiger partial charge in [0.15, 0.2) is 0 Å². The molecule has 2 amide bonds. The van der Waals surface area contributed by atoms with Crippen molar-refractivity contribution >= 4 is 27.5 Å². The van der Waals surface area contributed by atoms with Gasteiger partial charge >= 0.3 is 0 Å². The quantitative estimate of drug-likeness (QED) is 0.152. The maximum Gasteiger partial charge on any atom is 0.247 e. The predicted molar refractivity (Wildman–Crippen MR) is 149 cm³/mol. The topological polar surface area (TPSA) is 142 Å². The fourth-order valence-corrected chi connectivity index (χ4v) is 6.00. The third-order valence-corrected chi connectivity index (χ3v) is 7.90. The van der Waals surface area contributed by atoms with Gasteiger partial charge in [0, 0.05) is 12.2 Å². The number of hydrogen-bond acceptors (Lipinski definition) is 6. The van der Waals surface area contributed by atoms with E-state index in [0.29, 0.717) is 36.9 Å². The lowest BCUT2D eigenvalue weighted by Gasteiger charge is -2.30. The smallest absolute Gasteiger partial charge is 0.247 e. The lowest BCUT2D eigenvalue weighted by atomic mass is 9.81. The molecule has 0 radical (unpaired) electrons. The molecule has 38 heavy (non-hydrogen) atoms. The average molecular weight is 547 g/mol. The molecule has 9 nitrogen and oxygen atoms in total. The number of nitrogens with two attached hydrogens (primary N) is 1. The maximum atomic E-state index is 13.6. The minimum Gasteiger partial charge on any atom is -0.398 e. The summed E-state index contributed by atoms with van der Waals surface area (Å²) >= 11 is 0.